The van der Waals surface area contributed by atoms with Crippen molar-refractivity contribution in [3.05, 3.63) is 32.8 Å². The van der Waals surface area contributed by atoms with Gasteiger partial charge in [-0.05, 0) is 25.0 Å². The fraction of sp³-hybridized carbons (Fsp3) is 0.462. The van der Waals surface area contributed by atoms with Gasteiger partial charge in [0, 0.05) is 29.5 Å². The maximum atomic E-state index is 11.9. The molecule has 1 amide bonds. The fourth-order valence-electron chi connectivity index (χ4n) is 2.57. The molecule has 0 bridgehead atoms. The number of nitrogens with zero attached hydrogens (tertiary/aromatic N) is 2. The number of amides is 1. The molecule has 2 fully saturated rings. The first kappa shape index (κ1) is 13.4. The van der Waals surface area contributed by atoms with Crippen LogP contribution in [0.2, 0.25) is 0 Å². The first-order valence-corrected chi connectivity index (χ1v) is 7.34. The van der Waals surface area contributed by atoms with Crippen LogP contribution in [-0.4, -0.2) is 34.4 Å². The Morgan fingerprint density at radius 2 is 2.15 bits per heavy atom. The number of nitro groups is 1. The number of carbonyl (C=O) groups is 1. The molecule has 1 saturated heterocycles. The number of hydrogen-bond acceptors (Lipinski definition) is 4. The van der Waals surface area contributed by atoms with E-state index in [-0.39, 0.29) is 17.6 Å². The van der Waals surface area contributed by atoms with Gasteiger partial charge in [-0.15, -0.1) is 0 Å². The lowest BCUT2D eigenvalue weighted by Gasteiger charge is -2.17. The molecule has 1 aromatic carbocycles. The minimum absolute atomic E-state index is 0.0329. The van der Waals surface area contributed by atoms with Crippen molar-refractivity contribution in [2.24, 2.45) is 0 Å². The number of nitrogens with one attached hydrogen (secondary N) is 1. The molecule has 1 atom stereocenters. The molecule has 1 N–H and O–H groups in total. The highest BCUT2D eigenvalue weighted by Crippen LogP contribution is 2.33. The summed E-state index contributed by atoms with van der Waals surface area (Å²) in [7, 11) is 0. The summed E-state index contributed by atoms with van der Waals surface area (Å²) in [4.78, 5) is 24.4. The predicted octanol–water partition coefficient (Wildman–Crippen LogP) is 2.53. The zero-order valence-corrected chi connectivity index (χ0v) is 12.3. The molecule has 0 radical (unpaired) electrons. The lowest BCUT2D eigenvalue weighted by Crippen LogP contribution is -2.29. The largest absolute Gasteiger partial charge is 0.374 e. The number of carbonyl (C=O) groups excluding carboxylic acids is 1. The molecular weight excluding hydrogens is 326 g/mol. The second-order valence-corrected chi connectivity index (χ2v) is 6.16. The van der Waals surface area contributed by atoms with Gasteiger partial charge < -0.3 is 10.2 Å². The molecule has 6 nitrogen and oxygen atoms in total. The van der Waals surface area contributed by atoms with Crippen LogP contribution in [0.25, 0.3) is 0 Å². The minimum Gasteiger partial charge on any atom is -0.374 e. The van der Waals surface area contributed by atoms with Crippen molar-refractivity contribution < 1.29 is 9.72 Å². The van der Waals surface area contributed by atoms with Crippen LogP contribution in [0.4, 0.5) is 11.4 Å². The normalized spacial score (nSPS) is 22.1. The molecule has 1 unspecified atom stereocenters. The summed E-state index contributed by atoms with van der Waals surface area (Å²) in [5.74, 6) is 0.141. The van der Waals surface area contributed by atoms with E-state index in [4.69, 9.17) is 0 Å². The van der Waals surface area contributed by atoms with Gasteiger partial charge in [-0.3, -0.25) is 14.9 Å². The third-order valence-electron chi connectivity index (χ3n) is 3.66. The molecule has 7 heteroatoms. The first-order valence-electron chi connectivity index (χ1n) is 6.54. The summed E-state index contributed by atoms with van der Waals surface area (Å²) in [5.41, 5.74) is 0.491. The van der Waals surface area contributed by atoms with Crippen molar-refractivity contribution in [3.8, 4) is 0 Å². The van der Waals surface area contributed by atoms with E-state index < -0.39 is 4.92 Å². The zero-order valence-electron chi connectivity index (χ0n) is 10.7. The molecule has 0 spiro atoms. The smallest absolute Gasteiger partial charge is 0.292 e. The molecule has 1 saturated carbocycles. The van der Waals surface area contributed by atoms with Gasteiger partial charge in [0.1, 0.15) is 5.69 Å². The number of hydrogen-bond donors (Lipinski definition) is 1. The number of anilines is 1. The number of nitro benzene ring substituents is 1. The van der Waals surface area contributed by atoms with E-state index >= 15 is 0 Å². The van der Waals surface area contributed by atoms with Crippen molar-refractivity contribution in [3.63, 3.8) is 0 Å². The van der Waals surface area contributed by atoms with Crippen LogP contribution in [0.5, 0.6) is 0 Å². The second kappa shape index (κ2) is 5.05. The summed E-state index contributed by atoms with van der Waals surface area (Å²) in [6, 6.07) is 5.12. The third kappa shape index (κ3) is 2.63. The molecule has 1 aromatic rings. The van der Waals surface area contributed by atoms with Gasteiger partial charge >= 0.3 is 0 Å². The summed E-state index contributed by atoms with van der Waals surface area (Å²) < 4.78 is 0.772. The van der Waals surface area contributed by atoms with Crippen LogP contribution in [-0.2, 0) is 4.79 Å². The molecule has 3 rings (SSSR count). The SMILES string of the molecule is O=C1CC(Nc2cc(Br)ccc2[N+](=O)[O-])CN1C1CC1. The molecule has 106 valence electrons. The van der Waals surface area contributed by atoms with Crippen LogP contribution in [0, 0.1) is 10.1 Å². The van der Waals surface area contributed by atoms with E-state index in [2.05, 4.69) is 21.2 Å². The Kier molecular flexibility index (Phi) is 3.37. The van der Waals surface area contributed by atoms with Crippen molar-refractivity contribution in [2.75, 3.05) is 11.9 Å². The third-order valence-corrected chi connectivity index (χ3v) is 4.15. The van der Waals surface area contributed by atoms with Gasteiger partial charge in [-0.1, -0.05) is 15.9 Å². The Labute approximate surface area is 124 Å². The van der Waals surface area contributed by atoms with Gasteiger partial charge in [0.25, 0.3) is 5.69 Å². The summed E-state index contributed by atoms with van der Waals surface area (Å²) >= 11 is 3.31. The lowest BCUT2D eigenvalue weighted by molar-refractivity contribution is -0.384. The van der Waals surface area contributed by atoms with Crippen molar-refractivity contribution >= 4 is 33.2 Å². The van der Waals surface area contributed by atoms with E-state index in [0.29, 0.717) is 24.7 Å². The highest BCUT2D eigenvalue weighted by molar-refractivity contribution is 9.10. The molecule has 0 aromatic heterocycles. The van der Waals surface area contributed by atoms with Crippen molar-refractivity contribution in [1.29, 1.82) is 0 Å². The Hall–Kier alpha value is -1.63. The van der Waals surface area contributed by atoms with Crippen LogP contribution < -0.4 is 5.32 Å². The first-order chi connectivity index (χ1) is 9.54. The van der Waals surface area contributed by atoms with Gasteiger partial charge in [0.05, 0.1) is 11.0 Å². The number of halogens is 1. The quantitative estimate of drug-likeness (QED) is 0.675. The molecule has 1 heterocycles. The summed E-state index contributed by atoms with van der Waals surface area (Å²) in [6.07, 6.45) is 2.56. The number of rotatable bonds is 4. The summed E-state index contributed by atoms with van der Waals surface area (Å²) in [6.45, 7) is 0.632. The number of likely N-dealkylation sites (tertiary alicyclic amines) is 1. The van der Waals surface area contributed by atoms with Crippen LogP contribution >= 0.6 is 15.9 Å². The van der Waals surface area contributed by atoms with Crippen LogP contribution in [0.1, 0.15) is 19.3 Å². The standard InChI is InChI=1S/C13H14BrN3O3/c14-8-1-4-12(17(19)20)11(5-8)15-9-6-13(18)16(7-9)10-2-3-10/h1,4-5,9-10,15H,2-3,6-7H2. The minimum atomic E-state index is -0.412. The van der Waals surface area contributed by atoms with E-state index in [1.165, 1.54) is 6.07 Å². The molecule has 1 aliphatic carbocycles. The average Bonchev–Trinajstić information content (AvgIpc) is 3.14. The maximum Gasteiger partial charge on any atom is 0.292 e. The Morgan fingerprint density at radius 1 is 1.40 bits per heavy atom. The van der Waals surface area contributed by atoms with E-state index in [1.807, 2.05) is 4.90 Å². The Bertz CT molecular complexity index is 574. The predicted molar refractivity (Wildman–Crippen MR) is 77.6 cm³/mol. The van der Waals surface area contributed by atoms with Gasteiger partial charge in [0.15, 0.2) is 0 Å². The average molecular weight is 340 g/mol. The zero-order chi connectivity index (χ0) is 14.3. The highest BCUT2D eigenvalue weighted by atomic mass is 79.9. The number of benzene rings is 1. The Morgan fingerprint density at radius 3 is 2.80 bits per heavy atom. The van der Waals surface area contributed by atoms with Crippen molar-refractivity contribution in [1.82, 2.24) is 4.90 Å². The van der Waals surface area contributed by atoms with Gasteiger partial charge in [0.2, 0.25) is 5.91 Å². The molecule has 1 aliphatic heterocycles. The van der Waals surface area contributed by atoms with Gasteiger partial charge in [-0.25, -0.2) is 0 Å². The van der Waals surface area contributed by atoms with Gasteiger partial charge in [-0.2, -0.15) is 0 Å². The van der Waals surface area contributed by atoms with Crippen molar-refractivity contribution in [2.45, 2.75) is 31.3 Å². The van der Waals surface area contributed by atoms with E-state index in [1.54, 1.807) is 12.1 Å². The molecule has 20 heavy (non-hydrogen) atoms. The monoisotopic (exact) mass is 339 g/mol. The lowest BCUT2D eigenvalue weighted by atomic mass is 10.2. The summed E-state index contributed by atoms with van der Waals surface area (Å²) in [5, 5.41) is 14.2. The Balaban J connectivity index is 1.76. The maximum absolute atomic E-state index is 11.9. The fourth-order valence-corrected chi connectivity index (χ4v) is 2.93. The van der Waals surface area contributed by atoms with E-state index in [9.17, 15) is 14.9 Å². The van der Waals surface area contributed by atoms with E-state index in [0.717, 1.165) is 17.3 Å². The highest BCUT2D eigenvalue weighted by Gasteiger charge is 2.39. The second-order valence-electron chi connectivity index (χ2n) is 5.24. The molecule has 2 aliphatic rings. The molecular formula is C13H14BrN3O3. The van der Waals surface area contributed by atoms with Crippen LogP contribution in [0.3, 0.4) is 0 Å². The van der Waals surface area contributed by atoms with Crippen LogP contribution in [0.15, 0.2) is 22.7 Å². The topological polar surface area (TPSA) is 75.5 Å².